The average molecular weight is 473 g/mol. The molecule has 1 aliphatic carbocycles. The first-order chi connectivity index (χ1) is 17.0. The van der Waals surface area contributed by atoms with Crippen molar-refractivity contribution in [3.63, 3.8) is 0 Å². The van der Waals surface area contributed by atoms with E-state index in [0.29, 0.717) is 23.2 Å². The van der Waals surface area contributed by atoms with Crippen LogP contribution in [0.4, 0.5) is 16.3 Å². The van der Waals surface area contributed by atoms with E-state index in [9.17, 15) is 19.2 Å². The Labute approximate surface area is 201 Å². The first kappa shape index (κ1) is 22.3. The Hall–Kier alpha value is -4.47. The zero-order valence-corrected chi connectivity index (χ0v) is 19.0. The second kappa shape index (κ2) is 9.05. The number of ether oxygens (including phenoxy) is 1. The minimum Gasteiger partial charge on any atom is -0.492 e. The van der Waals surface area contributed by atoms with Crippen molar-refractivity contribution in [1.29, 1.82) is 0 Å². The summed E-state index contributed by atoms with van der Waals surface area (Å²) in [5.74, 6) is -1.68. The molecule has 10 nitrogen and oxygen atoms in total. The van der Waals surface area contributed by atoms with E-state index < -0.39 is 30.3 Å². The molecule has 0 unspecified atom stereocenters. The molecular weight excluding hydrogens is 450 g/mol. The maximum Gasteiger partial charge on any atom is 0.339 e. The SMILES string of the molecule is CCOc1ccccc1N1C(=O)C(=O)N(CC(=O)Nc2cc(C3CC3)nn2-c2ccccc2)C1=O. The van der Waals surface area contributed by atoms with Gasteiger partial charge in [0.25, 0.3) is 0 Å². The van der Waals surface area contributed by atoms with Crippen molar-refractivity contribution in [1.82, 2.24) is 14.7 Å². The Kier molecular flexibility index (Phi) is 5.77. The summed E-state index contributed by atoms with van der Waals surface area (Å²) >= 11 is 0. The molecule has 5 amide bonds. The molecule has 2 fully saturated rings. The maximum atomic E-state index is 13.0. The van der Waals surface area contributed by atoms with Gasteiger partial charge in [0, 0.05) is 12.0 Å². The number of amides is 5. The van der Waals surface area contributed by atoms with Gasteiger partial charge in [0.15, 0.2) is 0 Å². The van der Waals surface area contributed by atoms with E-state index in [4.69, 9.17) is 4.74 Å². The van der Waals surface area contributed by atoms with Crippen molar-refractivity contribution in [2.45, 2.75) is 25.7 Å². The summed E-state index contributed by atoms with van der Waals surface area (Å²) in [5, 5.41) is 7.37. The number of carbonyl (C=O) groups excluding carboxylic acids is 4. The number of para-hydroxylation sites is 3. The quantitative estimate of drug-likeness (QED) is 0.397. The van der Waals surface area contributed by atoms with Gasteiger partial charge in [-0.15, -0.1) is 0 Å². The number of benzene rings is 2. The van der Waals surface area contributed by atoms with Crippen LogP contribution in [-0.4, -0.2) is 51.6 Å². The molecule has 1 saturated heterocycles. The number of imide groups is 2. The Morgan fingerprint density at radius 1 is 1.03 bits per heavy atom. The van der Waals surface area contributed by atoms with Crippen molar-refractivity contribution >= 4 is 35.3 Å². The molecule has 10 heteroatoms. The molecule has 0 spiro atoms. The molecule has 35 heavy (non-hydrogen) atoms. The van der Waals surface area contributed by atoms with Gasteiger partial charge in [-0.05, 0) is 44.0 Å². The van der Waals surface area contributed by atoms with Gasteiger partial charge in [-0.3, -0.25) is 14.4 Å². The fourth-order valence-corrected chi connectivity index (χ4v) is 3.94. The topological polar surface area (TPSA) is 114 Å². The number of aromatic nitrogens is 2. The van der Waals surface area contributed by atoms with Crippen molar-refractivity contribution in [3.05, 3.63) is 66.4 Å². The molecule has 5 rings (SSSR count). The Balaban J connectivity index is 1.36. The highest BCUT2D eigenvalue weighted by Gasteiger charge is 2.47. The van der Waals surface area contributed by atoms with E-state index in [0.717, 1.165) is 29.1 Å². The fourth-order valence-electron chi connectivity index (χ4n) is 3.94. The zero-order chi connectivity index (χ0) is 24.5. The number of rotatable bonds is 8. The average Bonchev–Trinajstić information content (AvgIpc) is 3.60. The molecule has 1 aliphatic heterocycles. The van der Waals surface area contributed by atoms with E-state index in [2.05, 4.69) is 10.4 Å². The Bertz CT molecular complexity index is 1310. The molecule has 0 bridgehead atoms. The highest BCUT2D eigenvalue weighted by atomic mass is 16.5. The zero-order valence-electron chi connectivity index (χ0n) is 19.0. The first-order valence-corrected chi connectivity index (χ1v) is 11.3. The molecule has 1 N–H and O–H groups in total. The second-order valence-corrected chi connectivity index (χ2v) is 8.24. The van der Waals surface area contributed by atoms with E-state index >= 15 is 0 Å². The van der Waals surface area contributed by atoms with Crippen LogP contribution in [0.3, 0.4) is 0 Å². The van der Waals surface area contributed by atoms with Gasteiger partial charge >= 0.3 is 17.8 Å². The van der Waals surface area contributed by atoms with Crippen molar-refractivity contribution in [2.24, 2.45) is 0 Å². The minimum atomic E-state index is -1.08. The monoisotopic (exact) mass is 473 g/mol. The van der Waals surface area contributed by atoms with Gasteiger partial charge in [0.1, 0.15) is 18.1 Å². The third-order valence-electron chi connectivity index (χ3n) is 5.75. The summed E-state index contributed by atoms with van der Waals surface area (Å²) in [6.07, 6.45) is 2.08. The van der Waals surface area contributed by atoms with Gasteiger partial charge in [-0.1, -0.05) is 30.3 Å². The van der Waals surface area contributed by atoms with Gasteiger partial charge in [0.2, 0.25) is 5.91 Å². The lowest BCUT2D eigenvalue weighted by molar-refractivity contribution is -0.140. The highest BCUT2D eigenvalue weighted by Crippen LogP contribution is 2.40. The van der Waals surface area contributed by atoms with Crippen LogP contribution in [0.1, 0.15) is 31.4 Å². The maximum absolute atomic E-state index is 13.0. The van der Waals surface area contributed by atoms with Crippen LogP contribution < -0.4 is 15.0 Å². The normalized spacial score (nSPS) is 15.6. The number of nitrogens with zero attached hydrogens (tertiary/aromatic N) is 4. The first-order valence-electron chi connectivity index (χ1n) is 11.3. The molecular formula is C25H23N5O5. The van der Waals surface area contributed by atoms with Crippen LogP contribution in [-0.2, 0) is 14.4 Å². The molecule has 2 aromatic carbocycles. The third kappa shape index (κ3) is 4.25. The third-order valence-corrected chi connectivity index (χ3v) is 5.75. The Morgan fingerprint density at radius 3 is 2.46 bits per heavy atom. The standard InChI is InChI=1S/C25H23N5O5/c1-2-35-20-11-7-6-10-19(20)29-24(33)23(32)28(25(29)34)15-22(31)26-21-14-18(16-12-13-16)27-30(21)17-8-4-3-5-9-17/h3-11,14,16H,2,12-13,15H2,1H3,(H,26,31). The van der Waals surface area contributed by atoms with E-state index in [1.807, 2.05) is 30.3 Å². The number of carbonyl (C=O) groups is 4. The summed E-state index contributed by atoms with van der Waals surface area (Å²) in [6, 6.07) is 16.6. The molecule has 0 radical (unpaired) electrons. The predicted molar refractivity (Wildman–Crippen MR) is 126 cm³/mol. The molecule has 0 atom stereocenters. The highest BCUT2D eigenvalue weighted by molar-refractivity contribution is 6.53. The number of anilines is 2. The molecule has 3 aromatic rings. The second-order valence-electron chi connectivity index (χ2n) is 8.24. The Morgan fingerprint density at radius 2 is 1.74 bits per heavy atom. The van der Waals surface area contributed by atoms with Gasteiger partial charge < -0.3 is 10.1 Å². The summed E-state index contributed by atoms with van der Waals surface area (Å²) < 4.78 is 7.11. The van der Waals surface area contributed by atoms with Crippen molar-refractivity contribution in [3.8, 4) is 11.4 Å². The van der Waals surface area contributed by atoms with E-state index in [-0.39, 0.29) is 11.4 Å². The van der Waals surface area contributed by atoms with Crippen molar-refractivity contribution in [2.75, 3.05) is 23.4 Å². The fraction of sp³-hybridized carbons (Fsp3) is 0.240. The molecule has 2 aliphatic rings. The van der Waals surface area contributed by atoms with Crippen LogP contribution in [0.2, 0.25) is 0 Å². The van der Waals surface area contributed by atoms with Crippen LogP contribution in [0, 0.1) is 0 Å². The van der Waals surface area contributed by atoms with Crippen LogP contribution in [0.25, 0.3) is 5.69 Å². The van der Waals surface area contributed by atoms with Crippen LogP contribution in [0.5, 0.6) is 5.75 Å². The summed E-state index contributed by atoms with van der Waals surface area (Å²) in [4.78, 5) is 52.6. The van der Waals surface area contributed by atoms with E-state index in [1.165, 1.54) is 6.07 Å². The molecule has 1 aromatic heterocycles. The van der Waals surface area contributed by atoms with Crippen LogP contribution >= 0.6 is 0 Å². The lowest BCUT2D eigenvalue weighted by Crippen LogP contribution is -2.39. The molecule has 2 heterocycles. The molecule has 178 valence electrons. The smallest absolute Gasteiger partial charge is 0.339 e. The van der Waals surface area contributed by atoms with E-state index in [1.54, 1.807) is 35.9 Å². The van der Waals surface area contributed by atoms with Crippen molar-refractivity contribution < 1.29 is 23.9 Å². The lowest BCUT2D eigenvalue weighted by Gasteiger charge is -2.18. The number of nitrogens with one attached hydrogen (secondary N) is 1. The summed E-state index contributed by atoms with van der Waals surface area (Å²) in [7, 11) is 0. The number of hydrogen-bond acceptors (Lipinski definition) is 6. The minimum absolute atomic E-state index is 0.150. The van der Waals surface area contributed by atoms with Gasteiger partial charge in [-0.25, -0.2) is 19.3 Å². The van der Waals surface area contributed by atoms with Gasteiger partial charge in [0.05, 0.1) is 23.7 Å². The number of hydrogen-bond donors (Lipinski definition) is 1. The van der Waals surface area contributed by atoms with Crippen LogP contribution in [0.15, 0.2) is 60.7 Å². The molecule has 1 saturated carbocycles. The summed E-state index contributed by atoms with van der Waals surface area (Å²) in [6.45, 7) is 1.46. The predicted octanol–water partition coefficient (Wildman–Crippen LogP) is 3.08. The summed E-state index contributed by atoms with van der Waals surface area (Å²) in [5.41, 5.74) is 1.78. The van der Waals surface area contributed by atoms with Gasteiger partial charge in [-0.2, -0.15) is 5.10 Å². The lowest BCUT2D eigenvalue weighted by atomic mass is 10.2. The largest absolute Gasteiger partial charge is 0.492 e. The number of urea groups is 1.